The van der Waals surface area contributed by atoms with E-state index in [9.17, 15) is 13.2 Å². The minimum Gasteiger partial charge on any atom is -0.456 e. The van der Waals surface area contributed by atoms with Crippen molar-refractivity contribution < 1.29 is 17.6 Å². The zero-order valence-electron chi connectivity index (χ0n) is 9.74. The minimum absolute atomic E-state index is 0.0338. The molecule has 0 saturated carbocycles. The normalized spacial score (nSPS) is 14.1. The Morgan fingerprint density at radius 3 is 2.37 bits per heavy atom. The van der Waals surface area contributed by atoms with Gasteiger partial charge in [0, 0.05) is 10.8 Å². The molecule has 1 aromatic heterocycles. The fourth-order valence-corrected chi connectivity index (χ4v) is 2.13. The Kier molecular flexibility index (Phi) is 2.53. The van der Waals surface area contributed by atoms with Gasteiger partial charge >= 0.3 is 6.18 Å². The first-order chi connectivity index (χ1) is 8.97. The highest BCUT2D eigenvalue weighted by Gasteiger charge is 2.37. The van der Waals surface area contributed by atoms with Crippen LogP contribution in [0.1, 0.15) is 11.6 Å². The molecule has 0 aliphatic rings. The van der Waals surface area contributed by atoms with E-state index in [4.69, 9.17) is 10.2 Å². The first kappa shape index (κ1) is 12.0. The molecule has 2 N–H and O–H groups in total. The molecule has 2 aromatic carbocycles. The van der Waals surface area contributed by atoms with Gasteiger partial charge in [-0.3, -0.25) is 0 Å². The smallest absolute Gasteiger partial charge is 0.407 e. The first-order valence-corrected chi connectivity index (χ1v) is 5.70. The Labute approximate surface area is 106 Å². The number of alkyl halides is 3. The highest BCUT2D eigenvalue weighted by atomic mass is 19.4. The van der Waals surface area contributed by atoms with Crippen LogP contribution in [0.3, 0.4) is 0 Å². The SMILES string of the molecule is NC(c1ccc2oc3ccccc3c2c1)C(F)(F)F. The van der Waals surface area contributed by atoms with Gasteiger partial charge in [0.2, 0.25) is 0 Å². The van der Waals surface area contributed by atoms with Gasteiger partial charge in [-0.05, 0) is 23.8 Å². The van der Waals surface area contributed by atoms with Crippen molar-refractivity contribution in [3.8, 4) is 0 Å². The van der Waals surface area contributed by atoms with E-state index in [0.717, 1.165) is 5.39 Å². The minimum atomic E-state index is -4.45. The van der Waals surface area contributed by atoms with Crippen molar-refractivity contribution in [3.05, 3.63) is 48.0 Å². The third-order valence-corrected chi connectivity index (χ3v) is 3.11. The van der Waals surface area contributed by atoms with Gasteiger partial charge in [-0.25, -0.2) is 0 Å². The summed E-state index contributed by atoms with van der Waals surface area (Å²) in [5.41, 5.74) is 6.46. The molecule has 0 fully saturated rings. The average molecular weight is 265 g/mol. The maximum atomic E-state index is 12.6. The van der Waals surface area contributed by atoms with Crippen molar-refractivity contribution in [1.82, 2.24) is 0 Å². The molecule has 3 aromatic rings. The van der Waals surface area contributed by atoms with Crippen LogP contribution in [0.2, 0.25) is 0 Å². The van der Waals surface area contributed by atoms with Crippen LogP contribution in [-0.4, -0.2) is 6.18 Å². The number of para-hydroxylation sites is 1. The second-order valence-electron chi connectivity index (χ2n) is 4.37. The highest BCUT2D eigenvalue weighted by Crippen LogP contribution is 2.34. The summed E-state index contributed by atoms with van der Waals surface area (Å²) >= 11 is 0. The van der Waals surface area contributed by atoms with E-state index in [1.54, 1.807) is 6.07 Å². The number of nitrogens with two attached hydrogens (primary N) is 1. The summed E-state index contributed by atoms with van der Waals surface area (Å²) in [6, 6.07) is 9.55. The van der Waals surface area contributed by atoms with Gasteiger partial charge in [-0.15, -0.1) is 0 Å². The summed E-state index contributed by atoms with van der Waals surface area (Å²) in [5.74, 6) is 0. The summed E-state index contributed by atoms with van der Waals surface area (Å²) in [4.78, 5) is 0. The van der Waals surface area contributed by atoms with Crippen molar-refractivity contribution in [3.63, 3.8) is 0 Å². The number of halogens is 3. The van der Waals surface area contributed by atoms with E-state index in [1.165, 1.54) is 18.2 Å². The predicted octanol–water partition coefficient (Wildman–Crippen LogP) is 4.15. The molecule has 1 unspecified atom stereocenters. The van der Waals surface area contributed by atoms with Crippen molar-refractivity contribution in [2.45, 2.75) is 12.2 Å². The molecule has 1 heterocycles. The standard InChI is InChI=1S/C14H10F3NO/c15-14(16,17)13(18)8-5-6-12-10(7-8)9-3-1-2-4-11(9)19-12/h1-7,13H,18H2. The Balaban J connectivity index is 2.22. The quantitative estimate of drug-likeness (QED) is 0.718. The summed E-state index contributed by atoms with van der Waals surface area (Å²) in [5, 5.41) is 1.43. The van der Waals surface area contributed by atoms with Crippen molar-refractivity contribution >= 4 is 21.9 Å². The molecular weight excluding hydrogens is 255 g/mol. The van der Waals surface area contributed by atoms with E-state index in [0.29, 0.717) is 16.6 Å². The fraction of sp³-hybridized carbons (Fsp3) is 0.143. The lowest BCUT2D eigenvalue weighted by molar-refractivity contribution is -0.149. The van der Waals surface area contributed by atoms with Crippen molar-refractivity contribution in [2.75, 3.05) is 0 Å². The summed E-state index contributed by atoms with van der Waals surface area (Å²) in [6.07, 6.45) is -4.45. The number of hydrogen-bond donors (Lipinski definition) is 1. The Morgan fingerprint density at radius 1 is 0.947 bits per heavy atom. The largest absolute Gasteiger partial charge is 0.456 e. The number of rotatable bonds is 1. The van der Waals surface area contributed by atoms with Gasteiger partial charge in [-0.2, -0.15) is 13.2 Å². The van der Waals surface area contributed by atoms with E-state index < -0.39 is 12.2 Å². The molecule has 0 saturated heterocycles. The molecule has 1 atom stereocenters. The third-order valence-electron chi connectivity index (χ3n) is 3.11. The Hall–Kier alpha value is -2.01. The summed E-state index contributed by atoms with van der Waals surface area (Å²) in [6.45, 7) is 0. The van der Waals surface area contributed by atoms with Crippen LogP contribution < -0.4 is 5.73 Å². The van der Waals surface area contributed by atoms with Gasteiger partial charge < -0.3 is 10.2 Å². The molecule has 2 nitrogen and oxygen atoms in total. The second kappa shape index (κ2) is 3.99. The van der Waals surface area contributed by atoms with Crippen LogP contribution in [0.5, 0.6) is 0 Å². The molecule has 19 heavy (non-hydrogen) atoms. The van der Waals surface area contributed by atoms with E-state index in [1.807, 2.05) is 18.2 Å². The first-order valence-electron chi connectivity index (χ1n) is 5.70. The zero-order valence-corrected chi connectivity index (χ0v) is 9.74. The molecule has 3 rings (SSSR count). The maximum Gasteiger partial charge on any atom is 0.407 e. The highest BCUT2D eigenvalue weighted by molar-refractivity contribution is 6.05. The Morgan fingerprint density at radius 2 is 1.63 bits per heavy atom. The van der Waals surface area contributed by atoms with Gasteiger partial charge in [0.25, 0.3) is 0 Å². The van der Waals surface area contributed by atoms with Crippen LogP contribution >= 0.6 is 0 Å². The molecule has 98 valence electrons. The molecule has 0 aliphatic heterocycles. The lowest BCUT2D eigenvalue weighted by atomic mass is 10.0. The van der Waals surface area contributed by atoms with Gasteiger partial charge in [0.05, 0.1) is 0 Å². The van der Waals surface area contributed by atoms with E-state index >= 15 is 0 Å². The molecule has 0 radical (unpaired) electrons. The molecular formula is C14H10F3NO. The molecule has 0 amide bonds. The van der Waals surface area contributed by atoms with Crippen LogP contribution in [0.15, 0.2) is 46.9 Å². The van der Waals surface area contributed by atoms with Crippen LogP contribution in [0.4, 0.5) is 13.2 Å². The average Bonchev–Trinajstić information content (AvgIpc) is 2.74. The van der Waals surface area contributed by atoms with Crippen molar-refractivity contribution in [2.24, 2.45) is 5.73 Å². The monoisotopic (exact) mass is 265 g/mol. The zero-order chi connectivity index (χ0) is 13.6. The fourth-order valence-electron chi connectivity index (χ4n) is 2.13. The predicted molar refractivity (Wildman–Crippen MR) is 66.7 cm³/mol. The number of fused-ring (bicyclic) bond motifs is 3. The van der Waals surface area contributed by atoms with Crippen LogP contribution in [0.25, 0.3) is 21.9 Å². The summed E-state index contributed by atoms with van der Waals surface area (Å²) < 4.78 is 43.4. The lowest BCUT2D eigenvalue weighted by Gasteiger charge is -2.15. The Bertz CT molecular complexity index is 745. The van der Waals surface area contributed by atoms with Crippen molar-refractivity contribution in [1.29, 1.82) is 0 Å². The lowest BCUT2D eigenvalue weighted by Crippen LogP contribution is -2.28. The molecule has 0 spiro atoms. The van der Waals surface area contributed by atoms with E-state index in [-0.39, 0.29) is 5.56 Å². The third kappa shape index (κ3) is 1.96. The molecule has 0 bridgehead atoms. The maximum absolute atomic E-state index is 12.6. The van der Waals surface area contributed by atoms with Gasteiger partial charge in [0.1, 0.15) is 17.2 Å². The summed E-state index contributed by atoms with van der Waals surface area (Å²) in [7, 11) is 0. The topological polar surface area (TPSA) is 39.2 Å². The van der Waals surface area contributed by atoms with Gasteiger partial charge in [0.15, 0.2) is 0 Å². The number of benzene rings is 2. The van der Waals surface area contributed by atoms with Gasteiger partial charge in [-0.1, -0.05) is 24.3 Å². The molecule has 5 heteroatoms. The number of furan rings is 1. The van der Waals surface area contributed by atoms with E-state index in [2.05, 4.69) is 0 Å². The molecule has 0 aliphatic carbocycles. The number of hydrogen-bond acceptors (Lipinski definition) is 2. The second-order valence-corrected chi connectivity index (χ2v) is 4.37. The van der Waals surface area contributed by atoms with Crippen LogP contribution in [0, 0.1) is 0 Å². The van der Waals surface area contributed by atoms with Crippen LogP contribution in [-0.2, 0) is 0 Å².